The normalized spacial score (nSPS) is 13.4. The highest BCUT2D eigenvalue weighted by atomic mass is 35.5. The van der Waals surface area contributed by atoms with E-state index in [1.54, 1.807) is 18.2 Å². The number of nitrogens with zero attached hydrogens (tertiary/aromatic N) is 1. The van der Waals surface area contributed by atoms with Crippen LogP contribution in [0.4, 0.5) is 5.69 Å². The fraction of sp³-hybridized carbons (Fsp3) is 0.176. The number of hydrogen-bond acceptors (Lipinski definition) is 2. The van der Waals surface area contributed by atoms with Gasteiger partial charge in [-0.3, -0.25) is 9.59 Å². The Morgan fingerprint density at radius 2 is 2.00 bits per heavy atom. The summed E-state index contributed by atoms with van der Waals surface area (Å²) in [4.78, 5) is 26.1. The van der Waals surface area contributed by atoms with E-state index in [0.29, 0.717) is 17.0 Å². The van der Waals surface area contributed by atoms with Gasteiger partial charge in [-0.2, -0.15) is 0 Å². The van der Waals surface area contributed by atoms with E-state index in [1.807, 2.05) is 31.2 Å². The maximum absolute atomic E-state index is 12.4. The average Bonchev–Trinajstić information content (AvgIpc) is 2.75. The molecule has 0 saturated heterocycles. The maximum atomic E-state index is 12.4. The van der Waals surface area contributed by atoms with Crippen molar-refractivity contribution in [1.82, 2.24) is 0 Å². The molecule has 2 aromatic carbocycles. The number of fused-ring (bicyclic) bond motifs is 1. The van der Waals surface area contributed by atoms with Gasteiger partial charge in [0.05, 0.1) is 13.0 Å². The van der Waals surface area contributed by atoms with Crippen LogP contribution in [0.5, 0.6) is 0 Å². The lowest BCUT2D eigenvalue weighted by Crippen LogP contribution is -2.32. The summed E-state index contributed by atoms with van der Waals surface area (Å²) in [5, 5.41) is 0.566. The minimum absolute atomic E-state index is 0.0526. The molecular weight excluding hydrogens is 286 g/mol. The molecule has 1 amide bonds. The number of halogens is 1. The average molecular weight is 300 g/mol. The summed E-state index contributed by atoms with van der Waals surface area (Å²) in [7, 11) is 0. The number of ketones is 1. The lowest BCUT2D eigenvalue weighted by Gasteiger charge is -2.17. The molecule has 0 bridgehead atoms. The van der Waals surface area contributed by atoms with Gasteiger partial charge in [0.2, 0.25) is 5.91 Å². The molecule has 2 aromatic rings. The van der Waals surface area contributed by atoms with Crippen LogP contribution < -0.4 is 4.90 Å². The van der Waals surface area contributed by atoms with Gasteiger partial charge in [-0.15, -0.1) is 0 Å². The molecule has 3 rings (SSSR count). The van der Waals surface area contributed by atoms with E-state index in [1.165, 1.54) is 4.90 Å². The predicted octanol–water partition coefficient (Wildman–Crippen LogP) is 3.42. The topological polar surface area (TPSA) is 37.4 Å². The fourth-order valence-corrected chi connectivity index (χ4v) is 2.78. The molecule has 0 aromatic heterocycles. The summed E-state index contributed by atoms with van der Waals surface area (Å²) in [5.41, 5.74) is 3.23. The predicted molar refractivity (Wildman–Crippen MR) is 83.0 cm³/mol. The van der Waals surface area contributed by atoms with Crippen LogP contribution in [-0.2, 0) is 11.2 Å². The molecule has 0 spiro atoms. The van der Waals surface area contributed by atoms with Crippen LogP contribution in [-0.4, -0.2) is 18.2 Å². The van der Waals surface area contributed by atoms with E-state index in [9.17, 15) is 9.59 Å². The summed E-state index contributed by atoms with van der Waals surface area (Å²) in [6.45, 7) is 1.95. The van der Waals surface area contributed by atoms with Crippen molar-refractivity contribution >= 4 is 29.0 Å². The smallest absolute Gasteiger partial charge is 0.231 e. The van der Waals surface area contributed by atoms with E-state index < -0.39 is 0 Å². The molecule has 106 valence electrons. The number of rotatable bonds is 3. The third-order valence-corrected chi connectivity index (χ3v) is 3.96. The number of carbonyl (C=O) groups excluding carboxylic acids is 2. The Morgan fingerprint density at radius 1 is 1.24 bits per heavy atom. The molecule has 0 aliphatic carbocycles. The second-order valence-corrected chi connectivity index (χ2v) is 5.60. The SMILES string of the molecule is Cc1ccccc1C(=O)CN1C(=O)Cc2ccc(Cl)cc21. The highest BCUT2D eigenvalue weighted by Crippen LogP contribution is 2.31. The maximum Gasteiger partial charge on any atom is 0.231 e. The number of benzene rings is 2. The van der Waals surface area contributed by atoms with Crippen molar-refractivity contribution in [2.75, 3.05) is 11.4 Å². The molecule has 21 heavy (non-hydrogen) atoms. The molecule has 4 heteroatoms. The Balaban J connectivity index is 1.89. The van der Waals surface area contributed by atoms with Crippen LogP contribution in [0.2, 0.25) is 5.02 Å². The molecular formula is C17H14ClNO2. The number of Topliss-reactive ketones (excluding diaryl/α,β-unsaturated/α-hetero) is 1. The number of hydrogen-bond donors (Lipinski definition) is 0. The molecule has 1 heterocycles. The van der Waals surface area contributed by atoms with E-state index in [2.05, 4.69) is 0 Å². The minimum Gasteiger partial charge on any atom is -0.304 e. The fourth-order valence-electron chi connectivity index (χ4n) is 2.62. The van der Waals surface area contributed by atoms with Crippen LogP contribution in [0.25, 0.3) is 0 Å². The standard InChI is InChI=1S/C17H14ClNO2/c1-11-4-2-3-5-14(11)16(20)10-19-15-9-13(18)7-6-12(15)8-17(19)21/h2-7,9H,8,10H2,1H3. The lowest BCUT2D eigenvalue weighted by molar-refractivity contribution is -0.117. The first-order valence-corrected chi connectivity index (χ1v) is 7.11. The molecule has 0 fully saturated rings. The van der Waals surface area contributed by atoms with Gasteiger partial charge < -0.3 is 4.90 Å². The number of carbonyl (C=O) groups is 2. The quantitative estimate of drug-likeness (QED) is 0.814. The zero-order chi connectivity index (χ0) is 15.0. The van der Waals surface area contributed by atoms with Gasteiger partial charge in [-0.25, -0.2) is 0 Å². The van der Waals surface area contributed by atoms with Crippen LogP contribution in [0.3, 0.4) is 0 Å². The molecule has 1 aliphatic rings. The molecule has 0 saturated carbocycles. The van der Waals surface area contributed by atoms with Crippen LogP contribution in [0.1, 0.15) is 21.5 Å². The molecule has 3 nitrogen and oxygen atoms in total. The molecule has 1 aliphatic heterocycles. The monoisotopic (exact) mass is 299 g/mol. The van der Waals surface area contributed by atoms with Crippen molar-refractivity contribution < 1.29 is 9.59 Å². The van der Waals surface area contributed by atoms with E-state index >= 15 is 0 Å². The summed E-state index contributed by atoms with van der Waals surface area (Å²) < 4.78 is 0. The van der Waals surface area contributed by atoms with Crippen molar-refractivity contribution in [3.05, 3.63) is 64.2 Å². The highest BCUT2D eigenvalue weighted by Gasteiger charge is 2.29. The largest absolute Gasteiger partial charge is 0.304 e. The van der Waals surface area contributed by atoms with E-state index in [-0.39, 0.29) is 18.2 Å². The van der Waals surface area contributed by atoms with Crippen LogP contribution in [0.15, 0.2) is 42.5 Å². The van der Waals surface area contributed by atoms with E-state index in [4.69, 9.17) is 11.6 Å². The van der Waals surface area contributed by atoms with Crippen molar-refractivity contribution in [3.8, 4) is 0 Å². The van der Waals surface area contributed by atoms with Gasteiger partial charge in [-0.1, -0.05) is 41.9 Å². The van der Waals surface area contributed by atoms with Gasteiger partial charge in [-0.05, 0) is 30.2 Å². The second kappa shape index (κ2) is 5.34. The van der Waals surface area contributed by atoms with Gasteiger partial charge >= 0.3 is 0 Å². The van der Waals surface area contributed by atoms with Crippen molar-refractivity contribution in [2.45, 2.75) is 13.3 Å². The van der Waals surface area contributed by atoms with Crippen molar-refractivity contribution in [2.24, 2.45) is 0 Å². The zero-order valence-electron chi connectivity index (χ0n) is 11.6. The third-order valence-electron chi connectivity index (χ3n) is 3.73. The minimum atomic E-state index is -0.0609. The Labute approximate surface area is 128 Å². The molecule has 0 unspecified atom stereocenters. The Bertz CT molecular complexity index is 739. The number of aryl methyl sites for hydroxylation is 1. The van der Waals surface area contributed by atoms with Crippen molar-refractivity contribution in [3.63, 3.8) is 0 Å². The summed E-state index contributed by atoms with van der Waals surface area (Å²) >= 11 is 5.99. The highest BCUT2D eigenvalue weighted by molar-refractivity contribution is 6.31. The Morgan fingerprint density at radius 3 is 2.76 bits per heavy atom. The first kappa shape index (κ1) is 13.8. The second-order valence-electron chi connectivity index (χ2n) is 5.17. The van der Waals surface area contributed by atoms with Gasteiger partial charge in [0.25, 0.3) is 0 Å². The summed E-state index contributed by atoms with van der Waals surface area (Å²) in [6, 6.07) is 12.8. The zero-order valence-corrected chi connectivity index (χ0v) is 12.4. The lowest BCUT2D eigenvalue weighted by atomic mass is 10.0. The van der Waals surface area contributed by atoms with Crippen molar-refractivity contribution in [1.29, 1.82) is 0 Å². The van der Waals surface area contributed by atoms with Crippen LogP contribution in [0, 0.1) is 6.92 Å². The van der Waals surface area contributed by atoms with Gasteiger partial charge in [0.15, 0.2) is 5.78 Å². The molecule has 0 atom stereocenters. The van der Waals surface area contributed by atoms with Crippen LogP contribution >= 0.6 is 11.6 Å². The van der Waals surface area contributed by atoms with Gasteiger partial charge in [0, 0.05) is 16.3 Å². The first-order valence-electron chi connectivity index (χ1n) is 6.74. The number of amides is 1. The summed E-state index contributed by atoms with van der Waals surface area (Å²) in [6.07, 6.45) is 0.327. The Hall–Kier alpha value is -2.13. The number of anilines is 1. The molecule has 0 N–H and O–H groups in total. The Kier molecular flexibility index (Phi) is 3.52. The van der Waals surface area contributed by atoms with E-state index in [0.717, 1.165) is 16.8 Å². The summed E-state index contributed by atoms with van der Waals surface area (Å²) in [5.74, 6) is -0.122. The third kappa shape index (κ3) is 2.57. The molecule has 0 radical (unpaired) electrons. The van der Waals surface area contributed by atoms with Gasteiger partial charge in [0.1, 0.15) is 0 Å². The first-order chi connectivity index (χ1) is 10.1.